The van der Waals surface area contributed by atoms with Gasteiger partial charge in [-0.2, -0.15) is 5.10 Å². The molecule has 0 N–H and O–H groups in total. The molecule has 0 saturated heterocycles. The van der Waals surface area contributed by atoms with E-state index >= 15 is 0 Å². The van der Waals surface area contributed by atoms with Gasteiger partial charge in [0.1, 0.15) is 5.82 Å². The average Bonchev–Trinajstić information content (AvgIpc) is 2.61. The Labute approximate surface area is 91.0 Å². The Morgan fingerprint density at radius 2 is 2.19 bits per heavy atom. The van der Waals surface area contributed by atoms with Crippen molar-refractivity contribution in [3.8, 4) is 11.3 Å². The van der Waals surface area contributed by atoms with Crippen LogP contribution in [0.1, 0.15) is 0 Å². The van der Waals surface area contributed by atoms with Crippen molar-refractivity contribution in [1.82, 2.24) is 9.78 Å². The maximum Gasteiger partial charge on any atom is 0.242 e. The number of carbonyl (C=O) groups excluding carboxylic acids is 1. The second kappa shape index (κ2) is 4.08. The molecule has 0 bridgehead atoms. The zero-order valence-corrected chi connectivity index (χ0v) is 8.51. The second-order valence-electron chi connectivity index (χ2n) is 3.19. The minimum absolute atomic E-state index is 0.218. The number of hydrogen-bond acceptors (Lipinski definition) is 3. The lowest BCUT2D eigenvalue weighted by atomic mass is 10.1. The van der Waals surface area contributed by atoms with E-state index in [1.54, 1.807) is 25.2 Å². The molecule has 0 amide bonds. The smallest absolute Gasteiger partial charge is 0.242 e. The largest absolute Gasteiger partial charge is 0.266 e. The van der Waals surface area contributed by atoms with Gasteiger partial charge in [-0.05, 0) is 12.1 Å². The Kier molecular flexibility index (Phi) is 2.62. The molecule has 0 atom stereocenters. The highest BCUT2D eigenvalue weighted by Gasteiger charge is 2.10. The molecule has 0 fully saturated rings. The fraction of sp³-hybridized carbons (Fsp3) is 0.0909. The lowest BCUT2D eigenvalue weighted by Gasteiger charge is -2.01. The molecule has 1 aromatic carbocycles. The van der Waals surface area contributed by atoms with Gasteiger partial charge >= 0.3 is 0 Å². The van der Waals surface area contributed by atoms with Gasteiger partial charge in [0, 0.05) is 18.7 Å². The van der Waals surface area contributed by atoms with Crippen LogP contribution in [0.4, 0.5) is 10.2 Å². The number of hydrogen-bond donors (Lipinski definition) is 0. The molecule has 0 saturated carbocycles. The first-order valence-corrected chi connectivity index (χ1v) is 4.59. The van der Waals surface area contributed by atoms with Crippen molar-refractivity contribution in [2.75, 3.05) is 0 Å². The van der Waals surface area contributed by atoms with Crippen LogP contribution in [0.25, 0.3) is 11.3 Å². The summed E-state index contributed by atoms with van der Waals surface area (Å²) in [6.45, 7) is 0. The Bertz CT molecular complexity index is 570. The summed E-state index contributed by atoms with van der Waals surface area (Å²) in [5.41, 5.74) is 0.983. The number of halogens is 1. The third kappa shape index (κ3) is 1.76. The van der Waals surface area contributed by atoms with Crippen molar-refractivity contribution in [3.63, 3.8) is 0 Å². The zero-order chi connectivity index (χ0) is 11.5. The average molecular weight is 217 g/mol. The third-order valence-corrected chi connectivity index (χ3v) is 2.18. The minimum Gasteiger partial charge on any atom is -0.266 e. The van der Waals surface area contributed by atoms with E-state index in [0.29, 0.717) is 11.3 Å². The van der Waals surface area contributed by atoms with Gasteiger partial charge in [-0.25, -0.2) is 9.18 Å². The molecule has 0 aliphatic carbocycles. The summed E-state index contributed by atoms with van der Waals surface area (Å²) in [6, 6.07) is 7.88. The number of aliphatic imine (C=N–C) groups is 1. The quantitative estimate of drug-likeness (QED) is 0.571. The van der Waals surface area contributed by atoms with Gasteiger partial charge in [-0.15, -0.1) is 4.99 Å². The lowest BCUT2D eigenvalue weighted by Crippen LogP contribution is -1.94. The molecule has 0 aliphatic rings. The monoisotopic (exact) mass is 217 g/mol. The van der Waals surface area contributed by atoms with E-state index in [9.17, 15) is 9.18 Å². The summed E-state index contributed by atoms with van der Waals surface area (Å²) in [5, 5.41) is 3.94. The van der Waals surface area contributed by atoms with Crippen LogP contribution in [0.15, 0.2) is 35.3 Å². The summed E-state index contributed by atoms with van der Waals surface area (Å²) >= 11 is 0. The number of isocyanates is 1. The summed E-state index contributed by atoms with van der Waals surface area (Å²) in [4.78, 5) is 13.5. The lowest BCUT2D eigenvalue weighted by molar-refractivity contribution is 0.565. The second-order valence-corrected chi connectivity index (χ2v) is 3.19. The number of aromatic nitrogens is 2. The van der Waals surface area contributed by atoms with Crippen LogP contribution in [-0.4, -0.2) is 15.9 Å². The van der Waals surface area contributed by atoms with Gasteiger partial charge in [0.15, 0.2) is 5.82 Å². The molecule has 2 rings (SSSR count). The molecule has 0 spiro atoms. The topological polar surface area (TPSA) is 47.2 Å². The van der Waals surface area contributed by atoms with Crippen LogP contribution in [0, 0.1) is 5.82 Å². The van der Waals surface area contributed by atoms with E-state index in [0.717, 1.165) is 0 Å². The molecule has 1 aromatic heterocycles. The van der Waals surface area contributed by atoms with Gasteiger partial charge in [-0.1, -0.05) is 12.1 Å². The van der Waals surface area contributed by atoms with Crippen LogP contribution >= 0.6 is 0 Å². The number of aryl methyl sites for hydroxylation is 1. The normalized spacial score (nSPS) is 9.88. The van der Waals surface area contributed by atoms with Gasteiger partial charge in [0.25, 0.3) is 0 Å². The van der Waals surface area contributed by atoms with Gasteiger partial charge in [0.05, 0.1) is 5.69 Å². The number of benzene rings is 1. The molecular formula is C11H8FN3O. The van der Waals surface area contributed by atoms with Crippen molar-refractivity contribution in [2.24, 2.45) is 12.0 Å². The highest BCUT2D eigenvalue weighted by molar-refractivity contribution is 5.64. The predicted molar refractivity (Wildman–Crippen MR) is 56.4 cm³/mol. The highest BCUT2D eigenvalue weighted by atomic mass is 19.1. The Hall–Kier alpha value is -2.26. The van der Waals surface area contributed by atoms with Gasteiger partial charge in [-0.3, -0.25) is 4.68 Å². The molecule has 5 heteroatoms. The fourth-order valence-electron chi connectivity index (χ4n) is 1.47. The first-order valence-electron chi connectivity index (χ1n) is 4.59. The van der Waals surface area contributed by atoms with Gasteiger partial charge in [0.2, 0.25) is 6.08 Å². The van der Waals surface area contributed by atoms with E-state index in [1.165, 1.54) is 22.9 Å². The first-order chi connectivity index (χ1) is 7.72. The maximum absolute atomic E-state index is 13.5. The number of rotatable bonds is 2. The van der Waals surface area contributed by atoms with E-state index < -0.39 is 0 Å². The molecular weight excluding hydrogens is 209 g/mol. The van der Waals surface area contributed by atoms with Crippen molar-refractivity contribution < 1.29 is 9.18 Å². The van der Waals surface area contributed by atoms with Crippen LogP contribution in [-0.2, 0) is 11.8 Å². The fourth-order valence-corrected chi connectivity index (χ4v) is 1.47. The molecule has 16 heavy (non-hydrogen) atoms. The molecule has 2 aromatic rings. The van der Waals surface area contributed by atoms with Crippen LogP contribution in [0.5, 0.6) is 0 Å². The maximum atomic E-state index is 13.5. The summed E-state index contributed by atoms with van der Waals surface area (Å²) < 4.78 is 15.0. The first kappa shape index (κ1) is 10.3. The summed E-state index contributed by atoms with van der Waals surface area (Å²) in [7, 11) is 1.66. The third-order valence-electron chi connectivity index (χ3n) is 2.18. The van der Waals surface area contributed by atoms with Crippen molar-refractivity contribution in [1.29, 1.82) is 0 Å². The molecule has 1 heterocycles. The van der Waals surface area contributed by atoms with Crippen LogP contribution in [0.3, 0.4) is 0 Å². The highest BCUT2D eigenvalue weighted by Crippen LogP contribution is 2.25. The Balaban J connectivity index is 2.56. The Morgan fingerprint density at radius 3 is 2.88 bits per heavy atom. The van der Waals surface area contributed by atoms with E-state index in [4.69, 9.17) is 0 Å². The van der Waals surface area contributed by atoms with Crippen molar-refractivity contribution in [2.45, 2.75) is 0 Å². The molecule has 4 nitrogen and oxygen atoms in total. The van der Waals surface area contributed by atoms with Crippen molar-refractivity contribution in [3.05, 3.63) is 36.1 Å². The SMILES string of the molecule is Cn1nc(N=C=O)cc1-c1ccccc1F. The van der Waals surface area contributed by atoms with E-state index in [2.05, 4.69) is 10.1 Å². The van der Waals surface area contributed by atoms with Crippen LogP contribution < -0.4 is 0 Å². The van der Waals surface area contributed by atoms with Gasteiger partial charge < -0.3 is 0 Å². The molecule has 0 unspecified atom stereocenters. The predicted octanol–water partition coefficient (Wildman–Crippen LogP) is 2.19. The zero-order valence-electron chi connectivity index (χ0n) is 8.51. The molecule has 80 valence electrons. The van der Waals surface area contributed by atoms with E-state index in [1.807, 2.05) is 0 Å². The van der Waals surface area contributed by atoms with Crippen molar-refractivity contribution >= 4 is 11.9 Å². The molecule has 0 aliphatic heterocycles. The van der Waals surface area contributed by atoms with E-state index in [-0.39, 0.29) is 11.6 Å². The minimum atomic E-state index is -0.341. The summed E-state index contributed by atoms with van der Waals surface area (Å²) in [6.07, 6.45) is 1.40. The number of nitrogens with zero attached hydrogens (tertiary/aromatic N) is 3. The summed E-state index contributed by atoms with van der Waals surface area (Å²) in [5.74, 6) is -0.122. The van der Waals surface area contributed by atoms with Crippen LogP contribution in [0.2, 0.25) is 0 Å². The Morgan fingerprint density at radius 1 is 1.44 bits per heavy atom. The molecule has 0 radical (unpaired) electrons. The standard InChI is InChI=1S/C11H8FN3O/c1-15-10(6-11(14-15)13-7-16)8-4-2-3-5-9(8)12/h2-6H,1H3.